The van der Waals surface area contributed by atoms with Crippen LogP contribution >= 0.6 is 11.6 Å². The predicted octanol–water partition coefficient (Wildman–Crippen LogP) is 6.12. The van der Waals surface area contributed by atoms with Crippen molar-refractivity contribution in [1.29, 1.82) is 0 Å². The fourth-order valence-corrected chi connectivity index (χ4v) is 5.54. The lowest BCUT2D eigenvalue weighted by Gasteiger charge is -2.39. The number of halogens is 1. The van der Waals surface area contributed by atoms with E-state index >= 15 is 0 Å². The second kappa shape index (κ2) is 12.7. The maximum absolute atomic E-state index is 13.6. The number of piperidine rings is 1. The van der Waals surface area contributed by atoms with Gasteiger partial charge in [0.05, 0.1) is 0 Å². The van der Waals surface area contributed by atoms with Crippen molar-refractivity contribution < 1.29 is 14.4 Å². The van der Waals surface area contributed by atoms with Crippen molar-refractivity contribution in [3.8, 4) is 11.1 Å². The summed E-state index contributed by atoms with van der Waals surface area (Å²) >= 11 is 6.07. The van der Waals surface area contributed by atoms with Crippen LogP contribution in [0.3, 0.4) is 0 Å². The Morgan fingerprint density at radius 1 is 0.925 bits per heavy atom. The van der Waals surface area contributed by atoms with Crippen LogP contribution in [0.2, 0.25) is 5.02 Å². The number of nitrogens with one attached hydrogen (secondary N) is 1. The first kappa shape index (κ1) is 29.3. The number of benzene rings is 3. The molecular formula is C33H38ClN3O3. The van der Waals surface area contributed by atoms with Crippen LogP contribution in [0.25, 0.3) is 11.1 Å². The Bertz CT molecular complexity index is 1370. The molecule has 1 heterocycles. The van der Waals surface area contributed by atoms with Gasteiger partial charge in [-0.25, -0.2) is 0 Å². The lowest BCUT2D eigenvalue weighted by molar-refractivity contribution is -0.136. The third-order valence-electron chi connectivity index (χ3n) is 7.71. The minimum atomic E-state index is -0.628. The Hall–Kier alpha value is -3.64. The van der Waals surface area contributed by atoms with E-state index in [9.17, 15) is 14.4 Å². The molecule has 210 valence electrons. The summed E-state index contributed by atoms with van der Waals surface area (Å²) in [6.45, 7) is 7.37. The molecule has 4 rings (SSSR count). The zero-order valence-corrected chi connectivity index (χ0v) is 24.6. The summed E-state index contributed by atoms with van der Waals surface area (Å²) in [5, 5.41) is 3.73. The van der Waals surface area contributed by atoms with Gasteiger partial charge in [-0.3, -0.25) is 14.4 Å². The van der Waals surface area contributed by atoms with Gasteiger partial charge in [0, 0.05) is 43.3 Å². The van der Waals surface area contributed by atoms with Gasteiger partial charge in [-0.05, 0) is 77.3 Å². The van der Waals surface area contributed by atoms with Gasteiger partial charge in [0.1, 0.15) is 6.04 Å². The van der Waals surface area contributed by atoms with E-state index in [-0.39, 0.29) is 29.6 Å². The van der Waals surface area contributed by atoms with Gasteiger partial charge in [0.2, 0.25) is 5.91 Å². The van der Waals surface area contributed by atoms with Crippen LogP contribution in [0, 0.1) is 11.8 Å². The van der Waals surface area contributed by atoms with Gasteiger partial charge in [0.15, 0.2) is 0 Å². The van der Waals surface area contributed by atoms with E-state index in [0.717, 1.165) is 22.6 Å². The quantitative estimate of drug-likeness (QED) is 0.379. The Morgan fingerprint density at radius 3 is 2.10 bits per heavy atom. The molecule has 0 aromatic heterocycles. The molecule has 3 aromatic rings. The van der Waals surface area contributed by atoms with Crippen LogP contribution in [-0.4, -0.2) is 60.7 Å². The minimum Gasteiger partial charge on any atom is -0.345 e. The summed E-state index contributed by atoms with van der Waals surface area (Å²) in [4.78, 5) is 42.9. The highest BCUT2D eigenvalue weighted by atomic mass is 35.5. The largest absolute Gasteiger partial charge is 0.345 e. The van der Waals surface area contributed by atoms with E-state index in [4.69, 9.17) is 11.6 Å². The first-order valence-corrected chi connectivity index (χ1v) is 14.2. The molecule has 0 spiro atoms. The number of rotatable bonds is 7. The molecule has 40 heavy (non-hydrogen) atoms. The van der Waals surface area contributed by atoms with Crippen molar-refractivity contribution in [3.63, 3.8) is 0 Å². The SMILES string of the molecule is CC1CN(C(=O)[C@H](NC(=O)c2cccc(-c3cccc(C(=O)N(C)C)c3)c2)C(C)C)CC[C@@H]1c1ccc(Cl)cc1. The molecule has 1 fully saturated rings. The highest BCUT2D eigenvalue weighted by Crippen LogP contribution is 2.34. The highest BCUT2D eigenvalue weighted by Gasteiger charge is 2.34. The number of likely N-dealkylation sites (tertiary alicyclic amines) is 1. The lowest BCUT2D eigenvalue weighted by atomic mass is 9.81. The van der Waals surface area contributed by atoms with E-state index in [1.807, 2.05) is 61.2 Å². The standard InChI is InChI=1S/C33H38ClN3O3/c1-21(2)30(33(40)37-17-16-29(22(3)20-37)23-12-14-28(34)15-13-23)35-31(38)26-10-6-8-24(18-26)25-9-7-11-27(19-25)32(39)36(4)5/h6-15,18-19,21-22,29-30H,16-17,20H2,1-5H3,(H,35,38)/t22?,29-,30+/m0/s1. The van der Waals surface area contributed by atoms with E-state index in [1.165, 1.54) is 10.5 Å². The number of hydrogen-bond acceptors (Lipinski definition) is 3. The fourth-order valence-electron chi connectivity index (χ4n) is 5.42. The molecular weight excluding hydrogens is 522 g/mol. The summed E-state index contributed by atoms with van der Waals surface area (Å²) < 4.78 is 0. The van der Waals surface area contributed by atoms with Gasteiger partial charge in [-0.1, -0.05) is 68.8 Å². The van der Waals surface area contributed by atoms with E-state index < -0.39 is 6.04 Å². The molecule has 1 aliphatic heterocycles. The smallest absolute Gasteiger partial charge is 0.253 e. The molecule has 1 N–H and O–H groups in total. The molecule has 3 aromatic carbocycles. The third-order valence-corrected chi connectivity index (χ3v) is 7.96. The monoisotopic (exact) mass is 559 g/mol. The Morgan fingerprint density at radius 2 is 1.52 bits per heavy atom. The molecule has 0 bridgehead atoms. The number of amides is 3. The zero-order chi connectivity index (χ0) is 29.0. The van der Waals surface area contributed by atoms with Gasteiger partial charge in [-0.15, -0.1) is 0 Å². The second-order valence-electron chi connectivity index (χ2n) is 11.3. The summed E-state index contributed by atoms with van der Waals surface area (Å²) in [6, 6.07) is 22.0. The van der Waals surface area contributed by atoms with Crippen molar-refractivity contribution >= 4 is 29.3 Å². The van der Waals surface area contributed by atoms with Crippen molar-refractivity contribution in [2.24, 2.45) is 11.8 Å². The molecule has 0 aliphatic carbocycles. The molecule has 6 nitrogen and oxygen atoms in total. The van der Waals surface area contributed by atoms with Crippen LogP contribution in [0.1, 0.15) is 59.4 Å². The molecule has 1 aliphatic rings. The third kappa shape index (κ3) is 6.73. The van der Waals surface area contributed by atoms with Crippen molar-refractivity contribution in [2.75, 3.05) is 27.2 Å². The van der Waals surface area contributed by atoms with Crippen molar-refractivity contribution in [2.45, 2.75) is 39.2 Å². The summed E-state index contributed by atoms with van der Waals surface area (Å²) in [5.74, 6) is 0.157. The van der Waals surface area contributed by atoms with Crippen molar-refractivity contribution in [3.05, 3.63) is 94.5 Å². The zero-order valence-electron chi connectivity index (χ0n) is 23.9. The van der Waals surface area contributed by atoms with Crippen LogP contribution < -0.4 is 5.32 Å². The molecule has 0 radical (unpaired) electrons. The summed E-state index contributed by atoms with van der Waals surface area (Å²) in [7, 11) is 3.43. The second-order valence-corrected chi connectivity index (χ2v) is 11.7. The first-order chi connectivity index (χ1) is 19.0. The van der Waals surface area contributed by atoms with Gasteiger partial charge >= 0.3 is 0 Å². The first-order valence-electron chi connectivity index (χ1n) is 13.8. The topological polar surface area (TPSA) is 69.7 Å². The maximum atomic E-state index is 13.6. The van der Waals surface area contributed by atoms with Gasteiger partial charge < -0.3 is 15.1 Å². The molecule has 1 saturated heterocycles. The van der Waals surface area contributed by atoms with Crippen LogP contribution in [0.5, 0.6) is 0 Å². The Labute approximate surface area is 242 Å². The lowest BCUT2D eigenvalue weighted by Crippen LogP contribution is -2.54. The molecule has 0 saturated carbocycles. The van der Waals surface area contributed by atoms with Crippen LogP contribution in [0.15, 0.2) is 72.8 Å². The maximum Gasteiger partial charge on any atom is 0.253 e. The number of nitrogens with zero attached hydrogens (tertiary/aromatic N) is 2. The summed E-state index contributed by atoms with van der Waals surface area (Å²) in [5.41, 5.74) is 3.96. The average molecular weight is 560 g/mol. The average Bonchev–Trinajstić information content (AvgIpc) is 2.95. The molecule has 3 atom stereocenters. The fraction of sp³-hybridized carbons (Fsp3) is 0.364. The van der Waals surface area contributed by atoms with E-state index in [1.54, 1.807) is 32.3 Å². The normalized spacial score (nSPS) is 17.8. The molecule has 7 heteroatoms. The van der Waals surface area contributed by atoms with Crippen LogP contribution in [0.4, 0.5) is 0 Å². The molecule has 3 amide bonds. The van der Waals surface area contributed by atoms with Crippen LogP contribution in [-0.2, 0) is 4.79 Å². The predicted molar refractivity (Wildman–Crippen MR) is 161 cm³/mol. The van der Waals surface area contributed by atoms with E-state index in [2.05, 4.69) is 24.4 Å². The number of carbonyl (C=O) groups excluding carboxylic acids is 3. The van der Waals surface area contributed by atoms with Crippen molar-refractivity contribution in [1.82, 2.24) is 15.1 Å². The van der Waals surface area contributed by atoms with E-state index in [0.29, 0.717) is 30.1 Å². The number of carbonyl (C=O) groups is 3. The minimum absolute atomic E-state index is 0.0455. The highest BCUT2D eigenvalue weighted by molar-refractivity contribution is 6.30. The Balaban J connectivity index is 1.46. The summed E-state index contributed by atoms with van der Waals surface area (Å²) in [6.07, 6.45) is 0.866. The number of hydrogen-bond donors (Lipinski definition) is 1. The molecule has 1 unspecified atom stereocenters. The van der Waals surface area contributed by atoms with Gasteiger partial charge in [-0.2, -0.15) is 0 Å². The Kier molecular flexibility index (Phi) is 9.31. The van der Waals surface area contributed by atoms with Gasteiger partial charge in [0.25, 0.3) is 11.8 Å².